The second-order valence-electron chi connectivity index (χ2n) is 8.71. The van der Waals surface area contributed by atoms with Gasteiger partial charge in [-0.1, -0.05) is 74.4 Å². The van der Waals surface area contributed by atoms with E-state index in [2.05, 4.69) is 68.1 Å². The van der Waals surface area contributed by atoms with Gasteiger partial charge in [0.2, 0.25) is 0 Å². The minimum absolute atomic E-state index is 0.711. The lowest BCUT2D eigenvalue weighted by Crippen LogP contribution is -2.12. The van der Waals surface area contributed by atoms with Crippen LogP contribution in [-0.2, 0) is 17.8 Å². The van der Waals surface area contributed by atoms with E-state index in [4.69, 9.17) is 4.74 Å². The van der Waals surface area contributed by atoms with Crippen molar-refractivity contribution >= 4 is 0 Å². The summed E-state index contributed by atoms with van der Waals surface area (Å²) in [6.45, 7) is 7.64. The molecule has 0 unspecified atom stereocenters. The van der Waals surface area contributed by atoms with E-state index in [9.17, 15) is 0 Å². The first-order chi connectivity index (χ1) is 14.3. The first kappa shape index (κ1) is 21.8. The minimum atomic E-state index is 0.711. The molecule has 2 aromatic carbocycles. The maximum atomic E-state index is 5.62. The summed E-state index contributed by atoms with van der Waals surface area (Å²) in [7, 11) is 0. The van der Waals surface area contributed by atoms with Crippen LogP contribution in [0.3, 0.4) is 0 Å². The van der Waals surface area contributed by atoms with Crippen LogP contribution in [0.2, 0.25) is 0 Å². The fraction of sp³-hybridized carbons (Fsp3) is 0.500. The van der Waals surface area contributed by atoms with Gasteiger partial charge in [0.05, 0.1) is 6.61 Å². The Bertz CT molecular complexity index is 705. The summed E-state index contributed by atoms with van der Waals surface area (Å²) in [6, 6.07) is 17.9. The van der Waals surface area contributed by atoms with Crippen LogP contribution in [0.4, 0.5) is 0 Å². The van der Waals surface area contributed by atoms with Gasteiger partial charge in [-0.3, -0.25) is 0 Å². The highest BCUT2D eigenvalue weighted by Crippen LogP contribution is 2.32. The van der Waals surface area contributed by atoms with Crippen LogP contribution in [0.5, 0.6) is 0 Å². The summed E-state index contributed by atoms with van der Waals surface area (Å²) >= 11 is 0. The van der Waals surface area contributed by atoms with Gasteiger partial charge in [0.15, 0.2) is 0 Å². The molecule has 1 aliphatic rings. The summed E-state index contributed by atoms with van der Waals surface area (Å²) in [5.74, 6) is 1.75. The van der Waals surface area contributed by atoms with Crippen LogP contribution in [0, 0.1) is 11.8 Å². The SMILES string of the molecule is C=C[C@H]1CC[C@H](CCCCc2ccc(-c3ccc(COCCC)cc3)cc2)CC1. The maximum Gasteiger partial charge on any atom is 0.0716 e. The number of allylic oxidation sites excluding steroid dienone is 1. The Morgan fingerprint density at radius 3 is 2.07 bits per heavy atom. The monoisotopic (exact) mass is 390 g/mol. The molecular formula is C28H38O. The Hall–Kier alpha value is -1.86. The lowest BCUT2D eigenvalue weighted by Gasteiger charge is -2.26. The summed E-state index contributed by atoms with van der Waals surface area (Å²) in [5.41, 5.74) is 5.30. The molecule has 29 heavy (non-hydrogen) atoms. The van der Waals surface area contributed by atoms with Crippen molar-refractivity contribution in [3.63, 3.8) is 0 Å². The fourth-order valence-corrected chi connectivity index (χ4v) is 4.47. The first-order valence-electron chi connectivity index (χ1n) is 11.7. The van der Waals surface area contributed by atoms with Gasteiger partial charge >= 0.3 is 0 Å². The van der Waals surface area contributed by atoms with Crippen LogP contribution < -0.4 is 0 Å². The van der Waals surface area contributed by atoms with Gasteiger partial charge in [-0.05, 0) is 79.0 Å². The van der Waals surface area contributed by atoms with E-state index in [0.29, 0.717) is 6.61 Å². The molecule has 1 nitrogen and oxygen atoms in total. The van der Waals surface area contributed by atoms with E-state index >= 15 is 0 Å². The standard InChI is InChI=1S/C28H38O/c1-3-21-29-22-26-15-19-28(20-16-26)27-17-13-25(14-18-27)8-6-5-7-24-11-9-23(4-2)10-12-24/h4,13-20,23-24H,2-3,5-12,21-22H2,1H3/t23-,24-. The average molecular weight is 391 g/mol. The molecule has 0 radical (unpaired) electrons. The molecule has 0 saturated heterocycles. The number of rotatable bonds is 11. The number of unbranched alkanes of at least 4 members (excludes halogenated alkanes) is 1. The summed E-state index contributed by atoms with van der Waals surface area (Å²) in [4.78, 5) is 0. The van der Waals surface area contributed by atoms with Gasteiger partial charge in [-0.15, -0.1) is 6.58 Å². The van der Waals surface area contributed by atoms with Crippen molar-refractivity contribution in [3.05, 3.63) is 72.3 Å². The number of hydrogen-bond acceptors (Lipinski definition) is 1. The maximum absolute atomic E-state index is 5.62. The first-order valence-corrected chi connectivity index (χ1v) is 11.7. The zero-order valence-electron chi connectivity index (χ0n) is 18.2. The lowest BCUT2D eigenvalue weighted by atomic mass is 9.80. The number of ether oxygens (including phenoxy) is 1. The fourth-order valence-electron chi connectivity index (χ4n) is 4.47. The van der Waals surface area contributed by atoms with Crippen LogP contribution in [0.25, 0.3) is 11.1 Å². The molecule has 0 spiro atoms. The molecule has 0 atom stereocenters. The average Bonchev–Trinajstić information content (AvgIpc) is 2.78. The van der Waals surface area contributed by atoms with Crippen molar-refractivity contribution in [1.29, 1.82) is 0 Å². The van der Waals surface area contributed by atoms with Crippen molar-refractivity contribution in [3.8, 4) is 11.1 Å². The van der Waals surface area contributed by atoms with E-state index in [1.165, 1.54) is 73.6 Å². The second kappa shape index (κ2) is 12.0. The number of aryl methyl sites for hydroxylation is 1. The third-order valence-corrected chi connectivity index (χ3v) is 6.41. The Morgan fingerprint density at radius 1 is 0.862 bits per heavy atom. The number of hydrogen-bond donors (Lipinski definition) is 0. The lowest BCUT2D eigenvalue weighted by molar-refractivity contribution is 0.121. The second-order valence-corrected chi connectivity index (χ2v) is 8.71. The quantitative estimate of drug-likeness (QED) is 0.279. The predicted octanol–water partition coefficient (Wildman–Crippen LogP) is 7.99. The van der Waals surface area contributed by atoms with Gasteiger partial charge in [0, 0.05) is 6.61 Å². The molecular weight excluding hydrogens is 352 g/mol. The Balaban J connectivity index is 1.39. The van der Waals surface area contributed by atoms with Gasteiger partial charge in [0.1, 0.15) is 0 Å². The van der Waals surface area contributed by atoms with Crippen molar-refractivity contribution in [2.24, 2.45) is 11.8 Å². The molecule has 0 aliphatic heterocycles. The van der Waals surface area contributed by atoms with Crippen molar-refractivity contribution in [1.82, 2.24) is 0 Å². The number of benzene rings is 2. The van der Waals surface area contributed by atoms with Gasteiger partial charge in [-0.2, -0.15) is 0 Å². The molecule has 0 heterocycles. The molecule has 1 fully saturated rings. The molecule has 1 heteroatoms. The normalized spacial score (nSPS) is 19.2. The molecule has 2 aromatic rings. The summed E-state index contributed by atoms with van der Waals surface area (Å²) in [5, 5.41) is 0. The largest absolute Gasteiger partial charge is 0.377 e. The molecule has 1 saturated carbocycles. The highest BCUT2D eigenvalue weighted by atomic mass is 16.5. The van der Waals surface area contributed by atoms with Crippen molar-refractivity contribution in [2.45, 2.75) is 71.3 Å². The molecule has 0 bridgehead atoms. The molecule has 0 aromatic heterocycles. The van der Waals surface area contributed by atoms with Crippen LogP contribution in [0.15, 0.2) is 61.2 Å². The highest BCUT2D eigenvalue weighted by molar-refractivity contribution is 5.63. The Labute approximate surface area is 178 Å². The molecule has 0 amide bonds. The third kappa shape index (κ3) is 7.16. The molecule has 3 rings (SSSR count). The topological polar surface area (TPSA) is 9.23 Å². The Morgan fingerprint density at radius 2 is 1.48 bits per heavy atom. The Kier molecular flexibility index (Phi) is 9.02. The van der Waals surface area contributed by atoms with Crippen LogP contribution in [-0.4, -0.2) is 6.61 Å². The zero-order valence-corrected chi connectivity index (χ0v) is 18.2. The van der Waals surface area contributed by atoms with E-state index < -0.39 is 0 Å². The van der Waals surface area contributed by atoms with E-state index in [0.717, 1.165) is 24.9 Å². The van der Waals surface area contributed by atoms with Gasteiger partial charge < -0.3 is 4.74 Å². The van der Waals surface area contributed by atoms with Gasteiger partial charge in [-0.25, -0.2) is 0 Å². The smallest absolute Gasteiger partial charge is 0.0716 e. The third-order valence-electron chi connectivity index (χ3n) is 6.41. The summed E-state index contributed by atoms with van der Waals surface area (Å²) in [6.07, 6.45) is 14.1. The van der Waals surface area contributed by atoms with E-state index in [1.54, 1.807) is 0 Å². The van der Waals surface area contributed by atoms with E-state index in [1.807, 2.05) is 0 Å². The van der Waals surface area contributed by atoms with Crippen molar-refractivity contribution < 1.29 is 4.74 Å². The van der Waals surface area contributed by atoms with Crippen LogP contribution in [0.1, 0.15) is 69.4 Å². The van der Waals surface area contributed by atoms with Gasteiger partial charge in [0.25, 0.3) is 0 Å². The van der Waals surface area contributed by atoms with Crippen molar-refractivity contribution in [2.75, 3.05) is 6.61 Å². The molecule has 0 N–H and O–H groups in total. The zero-order chi connectivity index (χ0) is 20.3. The van der Waals surface area contributed by atoms with Crippen LogP contribution >= 0.6 is 0 Å². The molecule has 156 valence electrons. The minimum Gasteiger partial charge on any atom is -0.377 e. The predicted molar refractivity (Wildman–Crippen MR) is 125 cm³/mol. The van der Waals surface area contributed by atoms with E-state index in [-0.39, 0.29) is 0 Å². The summed E-state index contributed by atoms with van der Waals surface area (Å²) < 4.78 is 5.62. The highest BCUT2D eigenvalue weighted by Gasteiger charge is 2.18. The molecule has 1 aliphatic carbocycles.